The van der Waals surface area contributed by atoms with Gasteiger partial charge in [0.05, 0.1) is 17.5 Å². The molecular weight excluding hydrogens is 292 g/mol. The van der Waals surface area contributed by atoms with E-state index in [0.29, 0.717) is 17.8 Å². The number of anilines is 2. The van der Waals surface area contributed by atoms with Crippen LogP contribution < -0.4 is 16.0 Å². The minimum absolute atomic E-state index is 0.0464. The van der Waals surface area contributed by atoms with Crippen LogP contribution >= 0.6 is 0 Å². The summed E-state index contributed by atoms with van der Waals surface area (Å²) in [5, 5.41) is 17.0. The van der Waals surface area contributed by atoms with Crippen LogP contribution in [0.3, 0.4) is 0 Å². The van der Waals surface area contributed by atoms with Crippen LogP contribution in [0.1, 0.15) is 18.0 Å². The van der Waals surface area contributed by atoms with Gasteiger partial charge in [0, 0.05) is 26.2 Å². The van der Waals surface area contributed by atoms with E-state index in [1.165, 1.54) is 4.68 Å². The molecule has 21 heavy (non-hydrogen) atoms. The lowest BCUT2D eigenvalue weighted by molar-refractivity contribution is 0.502. The van der Waals surface area contributed by atoms with Gasteiger partial charge in [-0.25, -0.2) is 13.1 Å². The Bertz CT molecular complexity index is 683. The van der Waals surface area contributed by atoms with Crippen molar-refractivity contribution in [3.63, 3.8) is 0 Å². The van der Waals surface area contributed by atoms with Gasteiger partial charge in [-0.15, -0.1) is 0 Å². The number of rotatable bonds is 2. The van der Waals surface area contributed by atoms with Crippen molar-refractivity contribution in [1.29, 1.82) is 5.26 Å². The zero-order valence-corrected chi connectivity index (χ0v) is 12.4. The quantitative estimate of drug-likeness (QED) is 0.727. The van der Waals surface area contributed by atoms with Gasteiger partial charge < -0.3 is 16.0 Å². The van der Waals surface area contributed by atoms with Crippen LogP contribution in [0.5, 0.6) is 0 Å². The summed E-state index contributed by atoms with van der Waals surface area (Å²) in [5.74, 6) is 1.04. The molecule has 0 saturated carbocycles. The molecule has 9 heteroatoms. The first kappa shape index (κ1) is 14.2. The van der Waals surface area contributed by atoms with Gasteiger partial charge in [0.1, 0.15) is 17.5 Å². The fraction of sp³-hybridized carbons (Fsp3) is 0.667. The van der Waals surface area contributed by atoms with Gasteiger partial charge >= 0.3 is 0 Å². The molecule has 0 spiro atoms. The van der Waals surface area contributed by atoms with Gasteiger partial charge in [0.15, 0.2) is 15.7 Å². The first-order chi connectivity index (χ1) is 10.0. The SMILES string of the molecule is N#Cc1c(N2CCNCC2)nn(C2CCS(=O)(=O)C2)c1N. The molecule has 2 saturated heterocycles. The molecule has 0 aromatic carbocycles. The van der Waals surface area contributed by atoms with Crippen LogP contribution in [-0.4, -0.2) is 55.9 Å². The van der Waals surface area contributed by atoms with E-state index >= 15 is 0 Å². The number of nitrogen functional groups attached to an aromatic ring is 1. The number of aromatic nitrogens is 2. The molecule has 0 amide bonds. The maximum absolute atomic E-state index is 11.6. The van der Waals surface area contributed by atoms with Gasteiger partial charge in [0.25, 0.3) is 0 Å². The number of nitrogens with two attached hydrogens (primary N) is 1. The van der Waals surface area contributed by atoms with E-state index in [2.05, 4.69) is 16.5 Å². The lowest BCUT2D eigenvalue weighted by atomic mass is 10.2. The fourth-order valence-electron chi connectivity index (χ4n) is 2.89. The van der Waals surface area contributed by atoms with Crippen molar-refractivity contribution in [1.82, 2.24) is 15.1 Å². The first-order valence-corrected chi connectivity index (χ1v) is 8.78. The number of piperazine rings is 1. The molecule has 8 nitrogen and oxygen atoms in total. The summed E-state index contributed by atoms with van der Waals surface area (Å²) in [5.41, 5.74) is 6.38. The molecule has 3 heterocycles. The lowest BCUT2D eigenvalue weighted by Gasteiger charge is -2.27. The topological polar surface area (TPSA) is 117 Å². The average molecular weight is 310 g/mol. The van der Waals surface area contributed by atoms with Crippen molar-refractivity contribution in [2.45, 2.75) is 12.5 Å². The van der Waals surface area contributed by atoms with E-state index in [1.807, 2.05) is 4.90 Å². The number of nitrogens with zero attached hydrogens (tertiary/aromatic N) is 4. The minimum Gasteiger partial charge on any atom is -0.383 e. The summed E-state index contributed by atoms with van der Waals surface area (Å²) in [6.45, 7) is 3.17. The zero-order chi connectivity index (χ0) is 15.0. The van der Waals surface area contributed by atoms with Crippen molar-refractivity contribution < 1.29 is 8.42 Å². The Morgan fingerprint density at radius 2 is 2.10 bits per heavy atom. The van der Waals surface area contributed by atoms with Gasteiger partial charge in [0.2, 0.25) is 0 Å². The Balaban J connectivity index is 1.96. The molecule has 1 aromatic heterocycles. The summed E-state index contributed by atoms with van der Waals surface area (Å²) < 4.78 is 24.8. The van der Waals surface area contributed by atoms with Crippen LogP contribution in [0, 0.1) is 11.3 Å². The molecule has 0 radical (unpaired) electrons. The molecule has 3 rings (SSSR count). The molecule has 114 valence electrons. The third kappa shape index (κ3) is 2.56. The third-order valence-corrected chi connectivity index (χ3v) is 5.76. The summed E-state index contributed by atoms with van der Waals surface area (Å²) in [6, 6.07) is 1.84. The molecule has 1 unspecified atom stereocenters. The van der Waals surface area contributed by atoms with Crippen molar-refractivity contribution >= 4 is 21.5 Å². The van der Waals surface area contributed by atoms with Crippen LogP contribution in [0.2, 0.25) is 0 Å². The van der Waals surface area contributed by atoms with Crippen molar-refractivity contribution in [2.24, 2.45) is 0 Å². The Morgan fingerprint density at radius 1 is 1.38 bits per heavy atom. The van der Waals surface area contributed by atoms with Crippen molar-refractivity contribution in [3.05, 3.63) is 5.56 Å². The molecule has 1 atom stereocenters. The fourth-order valence-corrected chi connectivity index (χ4v) is 4.58. The lowest BCUT2D eigenvalue weighted by Crippen LogP contribution is -2.44. The molecule has 0 bridgehead atoms. The molecule has 3 N–H and O–H groups in total. The summed E-state index contributed by atoms with van der Waals surface area (Å²) in [4.78, 5) is 2.02. The highest BCUT2D eigenvalue weighted by atomic mass is 32.2. The predicted molar refractivity (Wildman–Crippen MR) is 78.7 cm³/mol. The van der Waals surface area contributed by atoms with Crippen LogP contribution in [0.15, 0.2) is 0 Å². The highest BCUT2D eigenvalue weighted by Gasteiger charge is 2.33. The van der Waals surface area contributed by atoms with Crippen molar-refractivity contribution in [2.75, 3.05) is 48.3 Å². The maximum Gasteiger partial charge on any atom is 0.171 e. The van der Waals surface area contributed by atoms with Gasteiger partial charge in [-0.3, -0.25) is 0 Å². The van der Waals surface area contributed by atoms with E-state index in [9.17, 15) is 13.7 Å². The minimum atomic E-state index is -3.02. The monoisotopic (exact) mass is 310 g/mol. The van der Waals surface area contributed by atoms with E-state index in [1.54, 1.807) is 0 Å². The number of sulfone groups is 1. The van der Waals surface area contributed by atoms with Gasteiger partial charge in [-0.2, -0.15) is 10.4 Å². The number of nitrogens with one attached hydrogen (secondary N) is 1. The summed E-state index contributed by atoms with van der Waals surface area (Å²) in [7, 11) is -3.02. The standard InChI is InChI=1S/C12H18N6O2S/c13-7-10-11(14)18(9-1-6-21(19,20)8-9)16-12(10)17-4-2-15-3-5-17/h9,15H,1-6,8,14H2. The Morgan fingerprint density at radius 3 is 2.67 bits per heavy atom. The second kappa shape index (κ2) is 5.20. The molecular formula is C12H18N6O2S. The van der Waals surface area contributed by atoms with Crippen LogP contribution in [-0.2, 0) is 9.84 Å². The number of hydrogen-bond donors (Lipinski definition) is 2. The van der Waals surface area contributed by atoms with E-state index < -0.39 is 9.84 Å². The molecule has 2 aliphatic heterocycles. The molecule has 2 fully saturated rings. The van der Waals surface area contributed by atoms with Crippen molar-refractivity contribution in [3.8, 4) is 6.07 Å². The Kier molecular flexibility index (Phi) is 3.51. The van der Waals surface area contributed by atoms with Gasteiger partial charge in [-0.05, 0) is 6.42 Å². The second-order valence-corrected chi connectivity index (χ2v) is 7.66. The normalized spacial score (nSPS) is 24.9. The Hall–Kier alpha value is -1.79. The first-order valence-electron chi connectivity index (χ1n) is 6.96. The Labute approximate surface area is 123 Å². The average Bonchev–Trinajstić information content (AvgIpc) is 2.99. The highest BCUT2D eigenvalue weighted by Crippen LogP contribution is 2.31. The van der Waals surface area contributed by atoms with E-state index in [4.69, 9.17) is 5.73 Å². The second-order valence-electron chi connectivity index (χ2n) is 5.43. The number of hydrogen-bond acceptors (Lipinski definition) is 7. The van der Waals surface area contributed by atoms with Crippen LogP contribution in [0.25, 0.3) is 0 Å². The third-order valence-electron chi connectivity index (χ3n) is 4.01. The number of nitriles is 1. The van der Waals surface area contributed by atoms with Gasteiger partial charge in [-0.1, -0.05) is 0 Å². The molecule has 0 aliphatic carbocycles. The molecule has 2 aliphatic rings. The highest BCUT2D eigenvalue weighted by molar-refractivity contribution is 7.91. The van der Waals surface area contributed by atoms with Crippen LogP contribution in [0.4, 0.5) is 11.6 Å². The largest absolute Gasteiger partial charge is 0.383 e. The smallest absolute Gasteiger partial charge is 0.171 e. The summed E-state index contributed by atoms with van der Waals surface area (Å²) >= 11 is 0. The summed E-state index contributed by atoms with van der Waals surface area (Å²) in [6.07, 6.45) is 0.500. The maximum atomic E-state index is 11.6. The van der Waals surface area contributed by atoms with E-state index in [-0.39, 0.29) is 23.4 Å². The van der Waals surface area contributed by atoms with E-state index in [0.717, 1.165) is 26.2 Å². The zero-order valence-electron chi connectivity index (χ0n) is 11.6. The predicted octanol–water partition coefficient (Wildman–Crippen LogP) is -0.894. The molecule has 1 aromatic rings.